The van der Waals surface area contributed by atoms with Gasteiger partial charge in [0.15, 0.2) is 11.5 Å². The number of carbonyl (C=O) groups is 3. The summed E-state index contributed by atoms with van der Waals surface area (Å²) in [6.07, 6.45) is 3.19. The average Bonchev–Trinajstić information content (AvgIpc) is 3.12. The Bertz CT molecular complexity index is 1140. The summed E-state index contributed by atoms with van der Waals surface area (Å²) in [5.41, 5.74) is 2.21. The topological polar surface area (TPSA) is 72.9 Å². The number of nitrogens with zero attached hydrogens (tertiary/aromatic N) is 1. The zero-order valence-electron chi connectivity index (χ0n) is 18.3. The molecule has 5 rings (SSSR count). The van der Waals surface area contributed by atoms with Gasteiger partial charge in [-0.1, -0.05) is 30.7 Å². The van der Waals surface area contributed by atoms with E-state index in [-0.39, 0.29) is 41.8 Å². The minimum Gasteiger partial charge on any atom is -0.483 e. The number of rotatable bonds is 4. The first kappa shape index (κ1) is 21.4. The Morgan fingerprint density at radius 2 is 1.76 bits per heavy atom. The van der Waals surface area contributed by atoms with Crippen LogP contribution in [-0.2, 0) is 25.6 Å². The average molecular weight is 449 g/mol. The smallest absolute Gasteiger partial charge is 0.337 e. The maximum atomic E-state index is 13.6. The molecule has 1 aliphatic carbocycles. The van der Waals surface area contributed by atoms with E-state index in [1.807, 2.05) is 0 Å². The Balaban J connectivity index is 1.56. The Morgan fingerprint density at radius 3 is 2.45 bits per heavy atom. The van der Waals surface area contributed by atoms with Crippen LogP contribution in [0.5, 0.6) is 0 Å². The third kappa shape index (κ3) is 3.71. The van der Waals surface area contributed by atoms with E-state index in [2.05, 4.69) is 0 Å². The lowest BCUT2D eigenvalue weighted by atomic mass is 9.77. The van der Waals surface area contributed by atoms with E-state index in [1.165, 1.54) is 19.2 Å². The summed E-state index contributed by atoms with van der Waals surface area (Å²) in [5.74, 6) is -1.30. The van der Waals surface area contributed by atoms with Crippen molar-refractivity contribution in [2.45, 2.75) is 44.4 Å². The number of Topliss-reactive ketones (excluding diaryl/α,β-unsaturated/α-hetero) is 1. The van der Waals surface area contributed by atoms with Crippen LogP contribution >= 0.6 is 0 Å². The van der Waals surface area contributed by atoms with E-state index in [0.717, 1.165) is 31.2 Å². The number of amides is 1. The molecule has 33 heavy (non-hydrogen) atoms. The maximum Gasteiger partial charge on any atom is 0.337 e. The summed E-state index contributed by atoms with van der Waals surface area (Å²) in [6.45, 7) is 0.196. The van der Waals surface area contributed by atoms with E-state index in [4.69, 9.17) is 9.47 Å². The number of hydrogen-bond donors (Lipinski definition) is 0. The number of esters is 1. The molecule has 3 aliphatic rings. The minimum absolute atomic E-state index is 0.0297. The van der Waals surface area contributed by atoms with Crippen LogP contribution in [0.1, 0.15) is 53.2 Å². The Labute approximate surface area is 191 Å². The van der Waals surface area contributed by atoms with Gasteiger partial charge < -0.3 is 14.4 Å². The van der Waals surface area contributed by atoms with Crippen LogP contribution in [0.4, 0.5) is 4.39 Å². The number of halogens is 1. The highest BCUT2D eigenvalue weighted by molar-refractivity contribution is 6.11. The fourth-order valence-electron chi connectivity index (χ4n) is 5.11. The molecule has 0 saturated heterocycles. The van der Waals surface area contributed by atoms with E-state index in [1.54, 1.807) is 41.3 Å². The fraction of sp³-hybridized carbons (Fsp3) is 0.346. The molecule has 2 aromatic rings. The Hall–Kier alpha value is -3.48. The van der Waals surface area contributed by atoms with Crippen molar-refractivity contribution in [1.29, 1.82) is 0 Å². The molecule has 2 heterocycles. The van der Waals surface area contributed by atoms with Crippen molar-refractivity contribution >= 4 is 17.7 Å². The second kappa shape index (κ2) is 8.46. The van der Waals surface area contributed by atoms with Crippen molar-refractivity contribution in [2.75, 3.05) is 7.11 Å². The third-order valence-corrected chi connectivity index (χ3v) is 6.77. The van der Waals surface area contributed by atoms with Gasteiger partial charge in [-0.25, -0.2) is 9.18 Å². The molecular formula is C26H24FNO5. The summed E-state index contributed by atoms with van der Waals surface area (Å²) in [5, 5.41) is 0. The van der Waals surface area contributed by atoms with Gasteiger partial charge in [-0.2, -0.15) is 0 Å². The number of hydrogen-bond acceptors (Lipinski definition) is 5. The summed E-state index contributed by atoms with van der Waals surface area (Å²) < 4.78 is 24.3. The molecule has 1 amide bonds. The van der Waals surface area contributed by atoms with Gasteiger partial charge in [0.05, 0.1) is 30.2 Å². The van der Waals surface area contributed by atoms with Crippen molar-refractivity contribution in [1.82, 2.24) is 4.90 Å². The fourth-order valence-corrected chi connectivity index (χ4v) is 5.11. The molecule has 6 nitrogen and oxygen atoms in total. The molecule has 0 radical (unpaired) electrons. The Kier molecular flexibility index (Phi) is 5.48. The molecule has 0 bridgehead atoms. The highest BCUT2D eigenvalue weighted by Gasteiger charge is 2.51. The molecule has 2 aromatic carbocycles. The maximum absolute atomic E-state index is 13.6. The van der Waals surface area contributed by atoms with Crippen molar-refractivity contribution in [2.24, 2.45) is 5.92 Å². The molecule has 1 saturated carbocycles. The van der Waals surface area contributed by atoms with Gasteiger partial charge in [-0.3, -0.25) is 9.59 Å². The number of methoxy groups -OCH3 is 1. The predicted octanol–water partition coefficient (Wildman–Crippen LogP) is 4.11. The summed E-state index contributed by atoms with van der Waals surface area (Å²) >= 11 is 0. The van der Waals surface area contributed by atoms with Crippen molar-refractivity contribution in [3.63, 3.8) is 0 Å². The second-order valence-electron chi connectivity index (χ2n) is 8.73. The normalized spacial score (nSPS) is 24.3. The van der Waals surface area contributed by atoms with Gasteiger partial charge in [0.1, 0.15) is 11.9 Å². The standard InChI is InChI=1S/C26H24FNO5/c1-32-26(31)17-10-8-16(9-11-17)22-21-23(29)19-4-2-3-5-20(19)33-24(21)25(30)28(22)14-15-6-12-18(27)13-7-15/h6-13,19-20,22H,2-5,14H2,1H3. The second-order valence-corrected chi connectivity index (χ2v) is 8.73. The molecule has 2 aliphatic heterocycles. The van der Waals surface area contributed by atoms with Gasteiger partial charge in [0.25, 0.3) is 5.91 Å². The monoisotopic (exact) mass is 449 g/mol. The molecule has 7 heteroatoms. The van der Waals surface area contributed by atoms with Crippen LogP contribution in [0.3, 0.4) is 0 Å². The van der Waals surface area contributed by atoms with Gasteiger partial charge >= 0.3 is 5.97 Å². The zero-order chi connectivity index (χ0) is 23.1. The number of carbonyl (C=O) groups excluding carboxylic acids is 3. The highest BCUT2D eigenvalue weighted by atomic mass is 19.1. The molecule has 0 spiro atoms. The van der Waals surface area contributed by atoms with E-state index >= 15 is 0 Å². The van der Waals surface area contributed by atoms with Crippen molar-refractivity contribution < 1.29 is 28.2 Å². The minimum atomic E-state index is -0.639. The summed E-state index contributed by atoms with van der Waals surface area (Å²) in [4.78, 5) is 40.5. The summed E-state index contributed by atoms with van der Waals surface area (Å²) in [6, 6.07) is 12.0. The van der Waals surface area contributed by atoms with Gasteiger partial charge in [0.2, 0.25) is 0 Å². The number of ether oxygens (including phenoxy) is 2. The van der Waals surface area contributed by atoms with Crippen LogP contribution in [-0.4, -0.2) is 35.8 Å². The van der Waals surface area contributed by atoms with E-state index in [9.17, 15) is 18.8 Å². The third-order valence-electron chi connectivity index (χ3n) is 6.77. The first-order valence-electron chi connectivity index (χ1n) is 11.2. The quantitative estimate of drug-likeness (QED) is 0.657. The summed E-state index contributed by atoms with van der Waals surface area (Å²) in [7, 11) is 1.31. The first-order valence-corrected chi connectivity index (χ1v) is 11.2. The number of ketones is 1. The number of benzene rings is 2. The molecule has 3 atom stereocenters. The largest absolute Gasteiger partial charge is 0.483 e. The van der Waals surface area contributed by atoms with Gasteiger partial charge in [-0.15, -0.1) is 0 Å². The molecule has 0 N–H and O–H groups in total. The lowest BCUT2D eigenvalue weighted by Crippen LogP contribution is -2.39. The predicted molar refractivity (Wildman–Crippen MR) is 116 cm³/mol. The molecule has 3 unspecified atom stereocenters. The van der Waals surface area contributed by atoms with Gasteiger partial charge in [0, 0.05) is 6.54 Å². The van der Waals surface area contributed by atoms with E-state index in [0.29, 0.717) is 16.7 Å². The highest BCUT2D eigenvalue weighted by Crippen LogP contribution is 2.47. The zero-order valence-corrected chi connectivity index (χ0v) is 18.3. The van der Waals surface area contributed by atoms with Crippen molar-refractivity contribution in [3.05, 3.63) is 82.4 Å². The molecule has 1 fully saturated rings. The molecule has 170 valence electrons. The Morgan fingerprint density at radius 1 is 1.06 bits per heavy atom. The van der Waals surface area contributed by atoms with Crippen LogP contribution in [0.2, 0.25) is 0 Å². The lowest BCUT2D eigenvalue weighted by molar-refractivity contribution is -0.135. The number of fused-ring (bicyclic) bond motifs is 1. The van der Waals surface area contributed by atoms with Crippen LogP contribution < -0.4 is 0 Å². The van der Waals surface area contributed by atoms with Crippen LogP contribution in [0, 0.1) is 11.7 Å². The molecule has 0 aromatic heterocycles. The van der Waals surface area contributed by atoms with Gasteiger partial charge in [-0.05, 0) is 54.7 Å². The molecular weight excluding hydrogens is 425 g/mol. The van der Waals surface area contributed by atoms with Crippen molar-refractivity contribution in [3.8, 4) is 0 Å². The van der Waals surface area contributed by atoms with E-state index < -0.39 is 12.0 Å². The van der Waals surface area contributed by atoms with Crippen LogP contribution in [0.15, 0.2) is 59.9 Å². The van der Waals surface area contributed by atoms with Crippen LogP contribution in [0.25, 0.3) is 0 Å². The first-order chi connectivity index (χ1) is 16.0. The SMILES string of the molecule is COC(=O)c1ccc(C2C3=C(OC4CCCCC4C3=O)C(=O)N2Cc2ccc(F)cc2)cc1. The lowest BCUT2D eigenvalue weighted by Gasteiger charge is -2.35.